The first-order valence-electron chi connectivity index (χ1n) is 8.01. The minimum absolute atomic E-state index is 0. The van der Waals surface area contributed by atoms with Crippen LogP contribution in [0.25, 0.3) is 0 Å². The summed E-state index contributed by atoms with van der Waals surface area (Å²) >= 11 is 0. The van der Waals surface area contributed by atoms with Gasteiger partial charge in [-0.15, -0.1) is 12.4 Å². The second-order valence-corrected chi connectivity index (χ2v) is 5.58. The summed E-state index contributed by atoms with van der Waals surface area (Å²) in [5.74, 6) is 1.58. The summed E-state index contributed by atoms with van der Waals surface area (Å²) in [6.07, 6.45) is 2.16. The first-order valence-corrected chi connectivity index (χ1v) is 8.01. The van der Waals surface area contributed by atoms with Gasteiger partial charge >= 0.3 is 0 Å². The molecule has 0 aromatic heterocycles. The lowest BCUT2D eigenvalue weighted by Crippen LogP contribution is -2.54. The second kappa shape index (κ2) is 10.4. The molecule has 0 bridgehead atoms. The Labute approximate surface area is 149 Å². The summed E-state index contributed by atoms with van der Waals surface area (Å²) < 4.78 is 16.2. The largest absolute Gasteiger partial charge is 0.497 e. The number of amides is 1. The van der Waals surface area contributed by atoms with Crippen molar-refractivity contribution < 1.29 is 19.0 Å². The Morgan fingerprint density at radius 2 is 1.79 bits per heavy atom. The van der Waals surface area contributed by atoms with Crippen molar-refractivity contribution in [2.24, 2.45) is 0 Å². The molecular weight excluding hydrogens is 332 g/mol. The lowest BCUT2D eigenvalue weighted by molar-refractivity contribution is -0.146. The van der Waals surface area contributed by atoms with Crippen LogP contribution in [0.15, 0.2) is 24.3 Å². The molecule has 1 aliphatic rings. The number of hydrogen-bond donors (Lipinski definition) is 2. The summed E-state index contributed by atoms with van der Waals surface area (Å²) in [4.78, 5) is 12.3. The van der Waals surface area contributed by atoms with E-state index in [9.17, 15) is 4.79 Å². The Morgan fingerprint density at radius 1 is 1.17 bits per heavy atom. The van der Waals surface area contributed by atoms with Gasteiger partial charge in [-0.05, 0) is 56.6 Å². The number of benzene rings is 1. The van der Waals surface area contributed by atoms with E-state index in [0.29, 0.717) is 26.0 Å². The molecule has 0 atom stereocenters. The molecule has 1 aliphatic heterocycles. The van der Waals surface area contributed by atoms with Gasteiger partial charge in [0, 0.05) is 13.7 Å². The summed E-state index contributed by atoms with van der Waals surface area (Å²) in [7, 11) is 3.24. The highest BCUT2D eigenvalue weighted by Crippen LogP contribution is 2.22. The lowest BCUT2D eigenvalue weighted by Gasteiger charge is -2.34. The predicted octanol–water partition coefficient (Wildman–Crippen LogP) is 1.77. The van der Waals surface area contributed by atoms with Crippen molar-refractivity contribution in [3.8, 4) is 11.5 Å². The quantitative estimate of drug-likeness (QED) is 0.693. The molecule has 6 nitrogen and oxygen atoms in total. The number of halogens is 1. The smallest absolute Gasteiger partial charge is 0.252 e. The van der Waals surface area contributed by atoms with Gasteiger partial charge in [-0.3, -0.25) is 4.79 Å². The van der Waals surface area contributed by atoms with Crippen molar-refractivity contribution in [1.82, 2.24) is 10.6 Å². The van der Waals surface area contributed by atoms with Crippen LogP contribution in [0.1, 0.15) is 19.3 Å². The third kappa shape index (κ3) is 5.54. The van der Waals surface area contributed by atoms with E-state index in [1.165, 1.54) is 0 Å². The number of methoxy groups -OCH3 is 2. The summed E-state index contributed by atoms with van der Waals surface area (Å²) in [6, 6.07) is 7.45. The molecule has 0 saturated carbocycles. The average Bonchev–Trinajstić information content (AvgIpc) is 2.62. The number of carbonyl (C=O) groups excluding carboxylic acids is 1. The Kier molecular flexibility index (Phi) is 8.89. The van der Waals surface area contributed by atoms with Gasteiger partial charge in [0.05, 0.1) is 13.7 Å². The molecule has 1 aromatic rings. The van der Waals surface area contributed by atoms with E-state index in [1.54, 1.807) is 14.2 Å². The fourth-order valence-corrected chi connectivity index (χ4v) is 2.65. The van der Waals surface area contributed by atoms with Gasteiger partial charge in [-0.25, -0.2) is 0 Å². The second-order valence-electron chi connectivity index (χ2n) is 5.58. The van der Waals surface area contributed by atoms with Crippen molar-refractivity contribution in [3.05, 3.63) is 24.3 Å². The van der Waals surface area contributed by atoms with Crippen molar-refractivity contribution in [1.29, 1.82) is 0 Å². The van der Waals surface area contributed by atoms with Crippen LogP contribution in [-0.2, 0) is 9.53 Å². The fourth-order valence-electron chi connectivity index (χ4n) is 2.65. The molecule has 0 unspecified atom stereocenters. The molecule has 2 rings (SSSR count). The van der Waals surface area contributed by atoms with Gasteiger partial charge in [-0.2, -0.15) is 0 Å². The lowest BCUT2D eigenvalue weighted by atomic mass is 9.91. The standard InChI is InChI=1S/C17H26N2O4.ClH/c1-21-14-4-6-15(7-5-14)23-13-3-10-19-16(20)17(22-2)8-11-18-12-9-17;/h4-7,18H,3,8-13H2,1-2H3,(H,19,20);1H. The van der Waals surface area contributed by atoms with Crippen molar-refractivity contribution in [2.45, 2.75) is 24.9 Å². The molecule has 0 radical (unpaired) electrons. The molecular formula is C17H27ClN2O4. The highest BCUT2D eigenvalue weighted by Gasteiger charge is 2.39. The topological polar surface area (TPSA) is 68.8 Å². The van der Waals surface area contributed by atoms with Crippen LogP contribution in [0.4, 0.5) is 0 Å². The number of piperidine rings is 1. The van der Waals surface area contributed by atoms with E-state index < -0.39 is 5.60 Å². The van der Waals surface area contributed by atoms with E-state index in [0.717, 1.165) is 31.0 Å². The summed E-state index contributed by atoms with van der Waals surface area (Å²) in [5.41, 5.74) is -0.678. The maximum Gasteiger partial charge on any atom is 0.252 e. The van der Waals surface area contributed by atoms with Crippen molar-refractivity contribution >= 4 is 18.3 Å². The zero-order valence-corrected chi connectivity index (χ0v) is 15.1. The molecule has 0 spiro atoms. The molecule has 1 aromatic carbocycles. The van der Waals surface area contributed by atoms with E-state index in [1.807, 2.05) is 24.3 Å². The van der Waals surface area contributed by atoms with Crippen LogP contribution >= 0.6 is 12.4 Å². The number of hydrogen-bond acceptors (Lipinski definition) is 5. The highest BCUT2D eigenvalue weighted by molar-refractivity contribution is 5.85. The molecule has 24 heavy (non-hydrogen) atoms. The maximum atomic E-state index is 12.3. The molecule has 0 aliphatic carbocycles. The van der Waals surface area contributed by atoms with Gasteiger partial charge in [0.1, 0.15) is 17.1 Å². The van der Waals surface area contributed by atoms with E-state index in [-0.39, 0.29) is 18.3 Å². The molecule has 1 amide bonds. The molecule has 2 N–H and O–H groups in total. The zero-order valence-electron chi connectivity index (χ0n) is 14.3. The van der Waals surface area contributed by atoms with Crippen molar-refractivity contribution in [3.63, 3.8) is 0 Å². The highest BCUT2D eigenvalue weighted by atomic mass is 35.5. The Hall–Kier alpha value is -1.50. The maximum absolute atomic E-state index is 12.3. The SMILES string of the molecule is COc1ccc(OCCCNC(=O)C2(OC)CCNCC2)cc1.Cl. The number of carbonyl (C=O) groups is 1. The van der Waals surface area contributed by atoms with Crippen LogP contribution in [0.2, 0.25) is 0 Å². The molecule has 136 valence electrons. The van der Waals surface area contributed by atoms with Crippen LogP contribution in [0, 0.1) is 0 Å². The van der Waals surface area contributed by atoms with Crippen LogP contribution in [0.3, 0.4) is 0 Å². The fraction of sp³-hybridized carbons (Fsp3) is 0.588. The average molecular weight is 359 g/mol. The summed E-state index contributed by atoms with van der Waals surface area (Å²) in [6.45, 7) is 2.74. The molecule has 7 heteroatoms. The van der Waals surface area contributed by atoms with Gasteiger partial charge < -0.3 is 24.8 Å². The number of nitrogens with one attached hydrogen (secondary N) is 2. The number of ether oxygens (including phenoxy) is 3. The van der Waals surface area contributed by atoms with Crippen LogP contribution in [-0.4, -0.2) is 52.0 Å². The predicted molar refractivity (Wildman–Crippen MR) is 95.2 cm³/mol. The van der Waals surface area contributed by atoms with E-state index in [4.69, 9.17) is 14.2 Å². The summed E-state index contributed by atoms with van der Waals surface area (Å²) in [5, 5.41) is 6.20. The molecule has 1 fully saturated rings. The molecule has 1 saturated heterocycles. The third-order valence-corrected chi connectivity index (χ3v) is 4.15. The van der Waals surface area contributed by atoms with E-state index >= 15 is 0 Å². The van der Waals surface area contributed by atoms with Gasteiger partial charge in [-0.1, -0.05) is 0 Å². The third-order valence-electron chi connectivity index (χ3n) is 4.15. The first kappa shape index (κ1) is 20.5. The Morgan fingerprint density at radius 3 is 2.38 bits per heavy atom. The van der Waals surface area contributed by atoms with E-state index in [2.05, 4.69) is 10.6 Å². The molecule has 1 heterocycles. The van der Waals surface area contributed by atoms with Crippen LogP contribution < -0.4 is 20.1 Å². The van der Waals surface area contributed by atoms with Crippen molar-refractivity contribution in [2.75, 3.05) is 40.5 Å². The monoisotopic (exact) mass is 358 g/mol. The first-order chi connectivity index (χ1) is 11.2. The van der Waals surface area contributed by atoms with Gasteiger partial charge in [0.15, 0.2) is 0 Å². The normalized spacial score (nSPS) is 15.9. The Bertz CT molecular complexity index is 490. The van der Waals surface area contributed by atoms with Gasteiger partial charge in [0.2, 0.25) is 0 Å². The zero-order chi connectivity index (χ0) is 16.5. The Balaban J connectivity index is 0.00000288. The minimum atomic E-state index is -0.678. The number of rotatable bonds is 8. The van der Waals surface area contributed by atoms with Crippen LogP contribution in [0.5, 0.6) is 11.5 Å². The minimum Gasteiger partial charge on any atom is -0.497 e. The van der Waals surface area contributed by atoms with Gasteiger partial charge in [0.25, 0.3) is 5.91 Å².